The molecule has 7 nitrogen and oxygen atoms in total. The molecule has 0 aromatic heterocycles. The van der Waals surface area contributed by atoms with E-state index in [1.807, 2.05) is 23.1 Å². The smallest absolute Gasteiger partial charge is 0.267 e. The molecule has 8 heteroatoms. The van der Waals surface area contributed by atoms with Gasteiger partial charge in [-0.05, 0) is 36.8 Å². The van der Waals surface area contributed by atoms with E-state index in [0.29, 0.717) is 48.9 Å². The molecule has 0 spiro atoms. The number of hydrogen-bond donors (Lipinski definition) is 1. The van der Waals surface area contributed by atoms with E-state index >= 15 is 0 Å². The second-order valence-electron chi connectivity index (χ2n) is 7.48. The Morgan fingerprint density at radius 1 is 1.10 bits per heavy atom. The van der Waals surface area contributed by atoms with Crippen LogP contribution in [0.5, 0.6) is 11.5 Å². The van der Waals surface area contributed by atoms with Gasteiger partial charge in [0.05, 0.1) is 6.54 Å². The molecule has 2 aromatic rings. The number of carbonyl (C=O) groups is 2. The van der Waals surface area contributed by atoms with E-state index < -0.39 is 6.10 Å². The summed E-state index contributed by atoms with van der Waals surface area (Å²) in [6, 6.07) is 11.9. The third-order valence-electron chi connectivity index (χ3n) is 5.29. The predicted octanol–water partition coefficient (Wildman–Crippen LogP) is 2.06. The van der Waals surface area contributed by atoms with E-state index in [-0.39, 0.29) is 30.8 Å². The summed E-state index contributed by atoms with van der Waals surface area (Å²) < 4.78 is 25.1. The van der Waals surface area contributed by atoms with E-state index in [2.05, 4.69) is 5.32 Å². The molecule has 1 atom stereocenters. The van der Waals surface area contributed by atoms with Crippen molar-refractivity contribution in [1.29, 1.82) is 0 Å². The number of piperazine rings is 1. The van der Waals surface area contributed by atoms with Gasteiger partial charge in [-0.2, -0.15) is 0 Å². The summed E-state index contributed by atoms with van der Waals surface area (Å²) in [6.45, 7) is 4.21. The molecule has 2 aliphatic rings. The van der Waals surface area contributed by atoms with Crippen LogP contribution in [0, 0.1) is 12.7 Å². The average Bonchev–Trinajstić information content (AvgIpc) is 2.76. The minimum Gasteiger partial charge on any atom is -0.485 e. The number of fused-ring (bicyclic) bond motifs is 1. The second kappa shape index (κ2) is 8.71. The molecule has 4 rings (SSSR count). The largest absolute Gasteiger partial charge is 0.485 e. The maximum Gasteiger partial charge on any atom is 0.267 e. The van der Waals surface area contributed by atoms with Crippen LogP contribution in [-0.2, 0) is 9.59 Å². The maximum atomic E-state index is 13.6. The van der Waals surface area contributed by atoms with Crippen molar-refractivity contribution in [2.45, 2.75) is 13.0 Å². The number of halogens is 1. The summed E-state index contributed by atoms with van der Waals surface area (Å²) in [5, 5.41) is 2.71. The zero-order valence-corrected chi connectivity index (χ0v) is 16.8. The number of hydrogen-bond acceptors (Lipinski definition) is 5. The standard InChI is InChI=1S/C22H24FN3O4/c1-15-6-7-16(12-17(15)23)24-21(27)13-25-8-10-26(11-9-25)22(28)20-14-29-18-4-2-3-5-19(18)30-20/h2-7,12,20H,8-11,13-14H2,1H3,(H,24,27)/t20-/m0/s1. The van der Waals surface area contributed by atoms with E-state index in [4.69, 9.17) is 9.47 Å². The van der Waals surface area contributed by atoms with Gasteiger partial charge in [0.1, 0.15) is 12.4 Å². The number of ether oxygens (including phenoxy) is 2. The highest BCUT2D eigenvalue weighted by Gasteiger charge is 2.32. The third kappa shape index (κ3) is 4.54. The molecule has 2 heterocycles. The number of aryl methyl sites for hydroxylation is 1. The van der Waals surface area contributed by atoms with Gasteiger partial charge in [-0.25, -0.2) is 4.39 Å². The Kier molecular flexibility index (Phi) is 5.85. The zero-order valence-electron chi connectivity index (χ0n) is 16.8. The summed E-state index contributed by atoms with van der Waals surface area (Å²) in [6.07, 6.45) is -0.661. The minimum absolute atomic E-state index is 0.108. The topological polar surface area (TPSA) is 71.1 Å². The second-order valence-corrected chi connectivity index (χ2v) is 7.48. The van der Waals surface area contributed by atoms with Crippen LogP contribution in [0.3, 0.4) is 0 Å². The van der Waals surface area contributed by atoms with Crippen molar-refractivity contribution in [3.05, 3.63) is 53.8 Å². The number of anilines is 1. The van der Waals surface area contributed by atoms with Gasteiger partial charge >= 0.3 is 0 Å². The fourth-order valence-corrected chi connectivity index (χ4v) is 3.55. The zero-order chi connectivity index (χ0) is 21.1. The molecular formula is C22H24FN3O4. The molecule has 158 valence electrons. The van der Waals surface area contributed by atoms with Gasteiger partial charge in [0.15, 0.2) is 11.5 Å². The Balaban J connectivity index is 1.25. The first kappa shape index (κ1) is 20.2. The fourth-order valence-electron chi connectivity index (χ4n) is 3.55. The quantitative estimate of drug-likeness (QED) is 0.831. The number of amides is 2. The van der Waals surface area contributed by atoms with Crippen LogP contribution in [0.4, 0.5) is 10.1 Å². The Bertz CT molecular complexity index is 944. The molecular weight excluding hydrogens is 389 g/mol. The van der Waals surface area contributed by atoms with Crippen molar-refractivity contribution >= 4 is 17.5 Å². The van der Waals surface area contributed by atoms with Crippen LogP contribution in [0.1, 0.15) is 5.56 Å². The Hall–Kier alpha value is -3.13. The van der Waals surface area contributed by atoms with Crippen LogP contribution >= 0.6 is 0 Å². The fraction of sp³-hybridized carbons (Fsp3) is 0.364. The van der Waals surface area contributed by atoms with Gasteiger partial charge in [-0.3, -0.25) is 14.5 Å². The lowest BCUT2D eigenvalue weighted by Gasteiger charge is -2.36. The molecule has 1 fully saturated rings. The lowest BCUT2D eigenvalue weighted by Crippen LogP contribution is -2.54. The molecule has 0 aliphatic carbocycles. The summed E-state index contributed by atoms with van der Waals surface area (Å²) in [4.78, 5) is 28.8. The van der Waals surface area contributed by atoms with Gasteiger partial charge < -0.3 is 19.7 Å². The van der Waals surface area contributed by atoms with Gasteiger partial charge in [0, 0.05) is 31.9 Å². The number of nitrogens with zero attached hydrogens (tertiary/aromatic N) is 2. The molecule has 0 radical (unpaired) electrons. The van der Waals surface area contributed by atoms with E-state index in [1.54, 1.807) is 30.0 Å². The highest BCUT2D eigenvalue weighted by Crippen LogP contribution is 2.31. The highest BCUT2D eigenvalue weighted by atomic mass is 19.1. The summed E-state index contributed by atoms with van der Waals surface area (Å²) >= 11 is 0. The van der Waals surface area contributed by atoms with Crippen molar-refractivity contribution in [2.75, 3.05) is 44.6 Å². The maximum absolute atomic E-state index is 13.6. The Labute approximate surface area is 174 Å². The molecule has 1 N–H and O–H groups in total. The lowest BCUT2D eigenvalue weighted by atomic mass is 10.2. The van der Waals surface area contributed by atoms with Crippen molar-refractivity contribution in [3.63, 3.8) is 0 Å². The normalized spacial score (nSPS) is 18.7. The summed E-state index contributed by atoms with van der Waals surface area (Å²) in [5.74, 6) is 0.551. The van der Waals surface area contributed by atoms with Crippen LogP contribution < -0.4 is 14.8 Å². The van der Waals surface area contributed by atoms with Crippen molar-refractivity contribution < 1.29 is 23.5 Å². The number of para-hydroxylation sites is 2. The minimum atomic E-state index is -0.661. The lowest BCUT2D eigenvalue weighted by molar-refractivity contribution is -0.143. The number of carbonyl (C=O) groups excluding carboxylic acids is 2. The van der Waals surface area contributed by atoms with Crippen LogP contribution in [0.15, 0.2) is 42.5 Å². The average molecular weight is 413 g/mol. The SMILES string of the molecule is Cc1ccc(NC(=O)CN2CCN(C(=O)[C@@H]3COc4ccccc4O3)CC2)cc1F. The predicted molar refractivity (Wildman–Crippen MR) is 109 cm³/mol. The Morgan fingerprint density at radius 2 is 1.83 bits per heavy atom. The van der Waals surface area contributed by atoms with Gasteiger partial charge in [0.25, 0.3) is 5.91 Å². The first-order valence-electron chi connectivity index (χ1n) is 9.95. The van der Waals surface area contributed by atoms with E-state index in [0.717, 1.165) is 0 Å². The third-order valence-corrected chi connectivity index (χ3v) is 5.29. The monoisotopic (exact) mass is 413 g/mol. The van der Waals surface area contributed by atoms with Gasteiger partial charge in [-0.1, -0.05) is 18.2 Å². The van der Waals surface area contributed by atoms with Crippen LogP contribution in [0.25, 0.3) is 0 Å². The number of benzene rings is 2. The molecule has 2 aromatic carbocycles. The molecule has 2 aliphatic heterocycles. The Morgan fingerprint density at radius 3 is 2.57 bits per heavy atom. The first-order chi connectivity index (χ1) is 14.5. The van der Waals surface area contributed by atoms with Gasteiger partial charge in [-0.15, -0.1) is 0 Å². The van der Waals surface area contributed by atoms with E-state index in [1.165, 1.54) is 6.07 Å². The molecule has 2 amide bonds. The first-order valence-corrected chi connectivity index (χ1v) is 9.95. The van der Waals surface area contributed by atoms with Crippen molar-refractivity contribution in [1.82, 2.24) is 9.80 Å². The van der Waals surface area contributed by atoms with Crippen molar-refractivity contribution in [2.24, 2.45) is 0 Å². The number of rotatable bonds is 4. The number of nitrogens with one attached hydrogen (secondary N) is 1. The van der Waals surface area contributed by atoms with Crippen LogP contribution in [-0.4, -0.2) is 67.0 Å². The summed E-state index contributed by atoms with van der Waals surface area (Å²) in [5.41, 5.74) is 0.969. The molecule has 1 saturated heterocycles. The van der Waals surface area contributed by atoms with Crippen molar-refractivity contribution in [3.8, 4) is 11.5 Å². The van der Waals surface area contributed by atoms with Crippen LogP contribution in [0.2, 0.25) is 0 Å². The molecule has 0 saturated carbocycles. The molecule has 30 heavy (non-hydrogen) atoms. The summed E-state index contributed by atoms with van der Waals surface area (Å²) in [7, 11) is 0. The molecule has 0 bridgehead atoms. The molecule has 0 unspecified atom stereocenters. The van der Waals surface area contributed by atoms with E-state index in [9.17, 15) is 14.0 Å². The van der Waals surface area contributed by atoms with Gasteiger partial charge in [0.2, 0.25) is 12.0 Å². The highest BCUT2D eigenvalue weighted by molar-refractivity contribution is 5.92.